The Bertz CT molecular complexity index is 1180. The summed E-state index contributed by atoms with van der Waals surface area (Å²) in [6.45, 7) is 8.35. The van der Waals surface area contributed by atoms with E-state index in [2.05, 4.69) is 24.2 Å². The molecule has 0 amide bonds. The molecule has 0 aliphatic rings. The van der Waals surface area contributed by atoms with Crippen LogP contribution in [0, 0.1) is 20.8 Å². The van der Waals surface area contributed by atoms with E-state index in [4.69, 9.17) is 31.1 Å². The number of carboxylic acids is 1. The second-order valence-corrected chi connectivity index (χ2v) is 7.12. The number of carbonyl (C=O) groups excluding carboxylic acids is 1. The van der Waals surface area contributed by atoms with Gasteiger partial charge in [0, 0.05) is 17.7 Å². The number of ether oxygens (including phenoxy) is 1. The average Bonchev–Trinajstić information content (AvgIpc) is 3.12. The van der Waals surface area contributed by atoms with Crippen molar-refractivity contribution in [3.8, 4) is 11.3 Å². The molecule has 5 N–H and O–H groups in total. The van der Waals surface area contributed by atoms with E-state index in [-0.39, 0.29) is 18.7 Å². The fourth-order valence-corrected chi connectivity index (χ4v) is 3.36. The molecular weight excluding hydrogens is 443 g/mol. The predicted octanol–water partition coefficient (Wildman–Crippen LogP) is 3.17. The summed E-state index contributed by atoms with van der Waals surface area (Å²) in [5.74, 6) is -2.85. The lowest BCUT2D eigenvalue weighted by atomic mass is 9.94. The van der Waals surface area contributed by atoms with Crippen LogP contribution in [0.2, 0.25) is 0 Å². The number of nitrogens with zero attached hydrogens (tertiary/aromatic N) is 3. The number of hydrogen-bond donors (Lipinski definition) is 3. The van der Waals surface area contributed by atoms with Crippen LogP contribution in [0.15, 0.2) is 18.3 Å². The summed E-state index contributed by atoms with van der Waals surface area (Å²) in [4.78, 5) is 25.9. The monoisotopic (exact) mass is 467 g/mol. The average molecular weight is 467 g/mol. The summed E-state index contributed by atoms with van der Waals surface area (Å²) in [6, 6.07) is 4.18. The van der Waals surface area contributed by atoms with Crippen molar-refractivity contribution in [3.05, 3.63) is 46.1 Å². The normalized spacial score (nSPS) is 11.2. The number of alkyl halides is 3. The van der Waals surface area contributed by atoms with Gasteiger partial charge >= 0.3 is 18.1 Å². The number of rotatable bonds is 4. The summed E-state index contributed by atoms with van der Waals surface area (Å²) < 4.78 is 38.3. The molecule has 9 nitrogen and oxygen atoms in total. The largest absolute Gasteiger partial charge is 0.490 e. The van der Waals surface area contributed by atoms with Crippen molar-refractivity contribution < 1.29 is 32.6 Å². The molecule has 1 aromatic carbocycles. The number of aryl methyl sites for hydroxylation is 3. The van der Waals surface area contributed by atoms with Crippen LogP contribution in [-0.4, -0.2) is 44.4 Å². The van der Waals surface area contributed by atoms with Gasteiger partial charge in [0.2, 0.25) is 0 Å². The number of anilines is 1. The number of aliphatic carboxylic acids is 1. The summed E-state index contributed by atoms with van der Waals surface area (Å²) in [6.07, 6.45) is -3.66. The summed E-state index contributed by atoms with van der Waals surface area (Å²) in [5.41, 5.74) is 18.6. The second-order valence-electron chi connectivity index (χ2n) is 7.12. The van der Waals surface area contributed by atoms with E-state index in [1.807, 2.05) is 13.8 Å². The number of carbonyl (C=O) groups is 2. The second kappa shape index (κ2) is 9.86. The first-order valence-corrected chi connectivity index (χ1v) is 9.75. The van der Waals surface area contributed by atoms with Crippen molar-refractivity contribution in [2.24, 2.45) is 5.73 Å². The molecule has 0 atom stereocenters. The minimum Gasteiger partial charge on any atom is -0.475 e. The summed E-state index contributed by atoms with van der Waals surface area (Å²) >= 11 is 0. The van der Waals surface area contributed by atoms with E-state index in [0.29, 0.717) is 22.7 Å². The molecule has 0 unspecified atom stereocenters. The van der Waals surface area contributed by atoms with Gasteiger partial charge in [0.25, 0.3) is 0 Å². The highest BCUT2D eigenvalue weighted by atomic mass is 19.4. The molecule has 0 bridgehead atoms. The van der Waals surface area contributed by atoms with Gasteiger partial charge in [-0.25, -0.2) is 14.6 Å². The minimum atomic E-state index is -5.08. The van der Waals surface area contributed by atoms with E-state index < -0.39 is 18.1 Å². The van der Waals surface area contributed by atoms with Gasteiger partial charge in [-0.15, -0.1) is 0 Å². The lowest BCUT2D eigenvalue weighted by Crippen LogP contribution is -2.21. The molecule has 12 heteroatoms. The van der Waals surface area contributed by atoms with Crippen LogP contribution in [0.4, 0.5) is 19.0 Å². The first-order chi connectivity index (χ1) is 15.3. The molecule has 0 spiro atoms. The molecule has 2 aromatic heterocycles. The van der Waals surface area contributed by atoms with Gasteiger partial charge in [-0.2, -0.15) is 22.8 Å². The van der Waals surface area contributed by atoms with Crippen LogP contribution in [-0.2, 0) is 16.1 Å². The summed E-state index contributed by atoms with van der Waals surface area (Å²) in [7, 11) is 0. The number of esters is 1. The van der Waals surface area contributed by atoms with E-state index in [1.165, 1.54) is 16.3 Å². The van der Waals surface area contributed by atoms with E-state index in [1.54, 1.807) is 6.92 Å². The van der Waals surface area contributed by atoms with Crippen molar-refractivity contribution in [2.45, 2.75) is 40.4 Å². The Morgan fingerprint density at radius 1 is 1.18 bits per heavy atom. The maximum absolute atomic E-state index is 12.2. The van der Waals surface area contributed by atoms with E-state index >= 15 is 0 Å². The first-order valence-electron chi connectivity index (χ1n) is 9.75. The quantitative estimate of drug-likeness (QED) is 0.496. The number of aromatic nitrogens is 3. The molecule has 178 valence electrons. The van der Waals surface area contributed by atoms with Gasteiger partial charge in [-0.05, 0) is 38.8 Å². The van der Waals surface area contributed by atoms with Crippen molar-refractivity contribution in [2.75, 3.05) is 12.3 Å². The third-order valence-electron chi connectivity index (χ3n) is 4.64. The van der Waals surface area contributed by atoms with E-state index in [9.17, 15) is 18.0 Å². The highest BCUT2D eigenvalue weighted by Crippen LogP contribution is 2.33. The van der Waals surface area contributed by atoms with Crippen LogP contribution in [0.25, 0.3) is 16.9 Å². The Hall–Kier alpha value is -3.67. The molecule has 3 aromatic rings. The lowest BCUT2D eigenvalue weighted by Gasteiger charge is -2.16. The zero-order valence-electron chi connectivity index (χ0n) is 18.4. The Balaban J connectivity index is 0.000000479. The number of nitrogens with two attached hydrogens (primary N) is 2. The topological polar surface area (TPSA) is 146 Å². The number of hydrogen-bond acceptors (Lipinski definition) is 7. The fourth-order valence-electron chi connectivity index (χ4n) is 3.36. The van der Waals surface area contributed by atoms with Crippen LogP contribution >= 0.6 is 0 Å². The van der Waals surface area contributed by atoms with Crippen LogP contribution < -0.4 is 11.5 Å². The maximum atomic E-state index is 12.2. The Labute approximate surface area is 187 Å². The number of halogens is 3. The SMILES string of the molecule is CCOC(=O)c1cnn2c(N)c(CN)c(-c3c(C)cc(C)cc3C)nc12.O=C(O)C(F)(F)F. The molecule has 0 aliphatic heterocycles. The minimum absolute atomic E-state index is 0.214. The van der Waals surface area contributed by atoms with Gasteiger partial charge in [-0.1, -0.05) is 17.7 Å². The van der Waals surface area contributed by atoms with E-state index in [0.717, 1.165) is 16.7 Å². The molecule has 0 fully saturated rings. The van der Waals surface area contributed by atoms with Crippen molar-refractivity contribution in [1.82, 2.24) is 14.6 Å². The molecule has 0 saturated heterocycles. The highest BCUT2D eigenvalue weighted by Gasteiger charge is 2.38. The number of carboxylic acid groups (broad SMARTS) is 1. The van der Waals surface area contributed by atoms with Crippen LogP contribution in [0.5, 0.6) is 0 Å². The van der Waals surface area contributed by atoms with Crippen LogP contribution in [0.1, 0.15) is 39.5 Å². The number of fused-ring (bicyclic) bond motifs is 1. The third-order valence-corrected chi connectivity index (χ3v) is 4.64. The van der Waals surface area contributed by atoms with Gasteiger partial charge < -0.3 is 21.3 Å². The van der Waals surface area contributed by atoms with Crippen LogP contribution in [0.3, 0.4) is 0 Å². The third kappa shape index (κ3) is 5.40. The number of benzene rings is 1. The van der Waals surface area contributed by atoms with Gasteiger partial charge in [0.15, 0.2) is 5.65 Å². The predicted molar refractivity (Wildman–Crippen MR) is 115 cm³/mol. The first kappa shape index (κ1) is 25.6. The standard InChI is InChI=1S/C19H23N5O2.C2HF3O2/c1-5-26-19(25)14-9-22-24-17(21)13(8-20)16(23-18(14)24)15-11(3)6-10(2)7-12(15)4;3-2(4,5)1(6)7/h6-7,9H,5,8,20-21H2,1-4H3;(H,6,7). The molecule has 0 aliphatic carbocycles. The van der Waals surface area contributed by atoms with Gasteiger partial charge in [0.1, 0.15) is 11.4 Å². The lowest BCUT2D eigenvalue weighted by molar-refractivity contribution is -0.192. The Kier molecular flexibility index (Phi) is 7.64. The molecule has 0 radical (unpaired) electrons. The highest BCUT2D eigenvalue weighted by molar-refractivity contribution is 5.96. The maximum Gasteiger partial charge on any atom is 0.490 e. The molecule has 2 heterocycles. The smallest absolute Gasteiger partial charge is 0.475 e. The molecular formula is C21H24F3N5O4. The number of nitrogen functional groups attached to an aromatic ring is 1. The van der Waals surface area contributed by atoms with Crippen molar-refractivity contribution in [1.29, 1.82) is 0 Å². The zero-order valence-corrected chi connectivity index (χ0v) is 18.4. The Morgan fingerprint density at radius 2 is 1.73 bits per heavy atom. The zero-order chi connectivity index (χ0) is 25.1. The molecule has 3 rings (SSSR count). The summed E-state index contributed by atoms with van der Waals surface area (Å²) in [5, 5.41) is 11.3. The Morgan fingerprint density at radius 3 is 2.18 bits per heavy atom. The molecule has 0 saturated carbocycles. The van der Waals surface area contributed by atoms with Gasteiger partial charge in [-0.3, -0.25) is 0 Å². The van der Waals surface area contributed by atoms with Crippen molar-refractivity contribution >= 4 is 23.4 Å². The van der Waals surface area contributed by atoms with Crippen molar-refractivity contribution in [3.63, 3.8) is 0 Å². The molecule has 33 heavy (non-hydrogen) atoms. The van der Waals surface area contributed by atoms with Gasteiger partial charge in [0.05, 0.1) is 18.5 Å². The fraction of sp³-hybridized carbons (Fsp3) is 0.333.